The fourth-order valence-electron chi connectivity index (χ4n) is 4.39. The van der Waals surface area contributed by atoms with E-state index in [9.17, 15) is 18.0 Å². The predicted molar refractivity (Wildman–Crippen MR) is 151 cm³/mol. The lowest BCUT2D eigenvalue weighted by Gasteiger charge is -2.33. The molecule has 0 fully saturated rings. The Balaban J connectivity index is 2.08. The van der Waals surface area contributed by atoms with Crippen molar-refractivity contribution in [3.05, 3.63) is 95.6 Å². The highest BCUT2D eigenvalue weighted by molar-refractivity contribution is 7.92. The maximum atomic E-state index is 14.0. The molecule has 0 heterocycles. The molecule has 8 heteroatoms. The maximum absolute atomic E-state index is 14.0. The van der Waals surface area contributed by atoms with E-state index in [-0.39, 0.29) is 17.3 Å². The lowest BCUT2D eigenvalue weighted by molar-refractivity contribution is -0.140. The van der Waals surface area contributed by atoms with Gasteiger partial charge in [0.1, 0.15) is 12.6 Å². The summed E-state index contributed by atoms with van der Waals surface area (Å²) >= 11 is 0. The van der Waals surface area contributed by atoms with Crippen LogP contribution in [0.15, 0.2) is 83.8 Å². The Kier molecular flexibility index (Phi) is 10.1. The van der Waals surface area contributed by atoms with E-state index in [1.54, 1.807) is 30.3 Å². The number of carbonyl (C=O) groups is 2. The van der Waals surface area contributed by atoms with Gasteiger partial charge in [-0.3, -0.25) is 13.9 Å². The zero-order chi connectivity index (χ0) is 27.7. The smallest absolute Gasteiger partial charge is 0.264 e. The molecule has 3 aromatic rings. The van der Waals surface area contributed by atoms with Gasteiger partial charge < -0.3 is 10.2 Å². The number of carbonyl (C=O) groups excluding carboxylic acids is 2. The van der Waals surface area contributed by atoms with Crippen molar-refractivity contribution in [3.63, 3.8) is 0 Å². The summed E-state index contributed by atoms with van der Waals surface area (Å²) in [6.07, 6.45) is 0.981. The van der Waals surface area contributed by atoms with Crippen LogP contribution in [-0.2, 0) is 32.6 Å². The summed E-state index contributed by atoms with van der Waals surface area (Å²) in [7, 11) is -4.07. The molecule has 202 valence electrons. The average molecular weight is 536 g/mol. The zero-order valence-corrected chi connectivity index (χ0v) is 23.4. The molecule has 3 aromatic carbocycles. The number of likely N-dealkylation sites (N-methyl/N-ethyl adjacent to an activating group) is 1. The van der Waals surface area contributed by atoms with Crippen molar-refractivity contribution >= 4 is 27.5 Å². The van der Waals surface area contributed by atoms with E-state index in [0.717, 1.165) is 16.7 Å². The van der Waals surface area contributed by atoms with Gasteiger partial charge in [0.25, 0.3) is 10.0 Å². The summed E-state index contributed by atoms with van der Waals surface area (Å²) < 4.78 is 29.0. The van der Waals surface area contributed by atoms with Crippen LogP contribution in [0.4, 0.5) is 5.69 Å². The van der Waals surface area contributed by atoms with Crippen molar-refractivity contribution in [2.24, 2.45) is 0 Å². The molecule has 0 radical (unpaired) electrons. The fourth-order valence-corrected chi connectivity index (χ4v) is 5.86. The van der Waals surface area contributed by atoms with Crippen molar-refractivity contribution in [1.29, 1.82) is 0 Å². The zero-order valence-electron chi connectivity index (χ0n) is 22.6. The molecule has 0 bridgehead atoms. The van der Waals surface area contributed by atoms with Crippen LogP contribution in [0.2, 0.25) is 0 Å². The minimum Gasteiger partial charge on any atom is -0.355 e. The summed E-state index contributed by atoms with van der Waals surface area (Å²) in [5.41, 5.74) is 3.20. The van der Waals surface area contributed by atoms with Gasteiger partial charge in [0.15, 0.2) is 0 Å². The molecule has 38 heavy (non-hydrogen) atoms. The first-order valence-corrected chi connectivity index (χ1v) is 14.4. The SMILES string of the molecule is CCNC(=O)[C@H](CC)N(Cc1ccc(C)cc1)C(=O)CN(c1ccccc1CC)S(=O)(=O)c1ccccc1. The molecular formula is C30H37N3O4S. The molecule has 3 rings (SSSR count). The molecule has 1 N–H and O–H groups in total. The van der Waals surface area contributed by atoms with Gasteiger partial charge in [0.05, 0.1) is 10.6 Å². The van der Waals surface area contributed by atoms with Gasteiger partial charge in [0.2, 0.25) is 11.8 Å². The summed E-state index contributed by atoms with van der Waals surface area (Å²) in [6.45, 7) is 7.78. The number of amides is 2. The quantitative estimate of drug-likeness (QED) is 0.364. The number of anilines is 1. The normalized spacial score (nSPS) is 12.0. The highest BCUT2D eigenvalue weighted by atomic mass is 32.2. The van der Waals surface area contributed by atoms with Crippen LogP contribution in [0, 0.1) is 6.92 Å². The second kappa shape index (κ2) is 13.2. The van der Waals surface area contributed by atoms with Gasteiger partial charge in [-0.05, 0) is 56.0 Å². The molecule has 0 aromatic heterocycles. The van der Waals surface area contributed by atoms with Crippen LogP contribution in [-0.4, -0.2) is 44.3 Å². The van der Waals surface area contributed by atoms with Gasteiger partial charge in [-0.25, -0.2) is 8.42 Å². The molecule has 7 nitrogen and oxygen atoms in total. The standard InChI is InChI=1S/C30H37N3O4S/c1-5-25-13-11-12-16-28(25)33(38(36,37)26-14-9-8-10-15-26)22-29(34)32(27(6-2)30(35)31-7-3)21-24-19-17-23(4)18-20-24/h8-20,27H,5-7,21-22H2,1-4H3,(H,31,35)/t27-/m0/s1. The third-order valence-electron chi connectivity index (χ3n) is 6.46. The number of benzene rings is 3. The third-order valence-corrected chi connectivity index (χ3v) is 8.24. The van der Waals surface area contributed by atoms with Crippen LogP contribution in [0.25, 0.3) is 0 Å². The number of sulfonamides is 1. The van der Waals surface area contributed by atoms with Crippen LogP contribution < -0.4 is 9.62 Å². The molecule has 1 atom stereocenters. The Hall–Kier alpha value is -3.65. The molecule has 0 spiro atoms. The van der Waals surface area contributed by atoms with Gasteiger partial charge in [-0.2, -0.15) is 0 Å². The molecule has 0 saturated carbocycles. The van der Waals surface area contributed by atoms with E-state index >= 15 is 0 Å². The van der Waals surface area contributed by atoms with E-state index in [4.69, 9.17) is 0 Å². The summed E-state index contributed by atoms with van der Waals surface area (Å²) in [5, 5.41) is 2.82. The highest BCUT2D eigenvalue weighted by Crippen LogP contribution is 2.28. The first-order valence-electron chi connectivity index (χ1n) is 13.0. The monoisotopic (exact) mass is 535 g/mol. The second-order valence-electron chi connectivity index (χ2n) is 9.13. The minimum absolute atomic E-state index is 0.0968. The lowest BCUT2D eigenvalue weighted by Crippen LogP contribution is -2.52. The second-order valence-corrected chi connectivity index (χ2v) is 11.0. The predicted octanol–water partition coefficient (Wildman–Crippen LogP) is 4.70. The van der Waals surface area contributed by atoms with Gasteiger partial charge in [-0.1, -0.05) is 80.1 Å². The Bertz CT molecular complexity index is 1330. The van der Waals surface area contributed by atoms with Crippen LogP contribution >= 0.6 is 0 Å². The summed E-state index contributed by atoms with van der Waals surface area (Å²) in [6, 6.07) is 22.3. The van der Waals surface area contributed by atoms with Gasteiger partial charge in [-0.15, -0.1) is 0 Å². The van der Waals surface area contributed by atoms with Crippen molar-refractivity contribution in [3.8, 4) is 0 Å². The van der Waals surface area contributed by atoms with Gasteiger partial charge >= 0.3 is 0 Å². The number of rotatable bonds is 12. The van der Waals surface area contributed by atoms with E-state index in [1.807, 2.05) is 64.1 Å². The Labute approximate surface area is 226 Å². The van der Waals surface area contributed by atoms with Crippen LogP contribution in [0.5, 0.6) is 0 Å². The number of nitrogens with one attached hydrogen (secondary N) is 1. The molecule has 0 aliphatic heterocycles. The molecule has 0 unspecified atom stereocenters. The first kappa shape index (κ1) is 28.9. The number of aryl methyl sites for hydroxylation is 2. The third kappa shape index (κ3) is 6.81. The van der Waals surface area contributed by atoms with Crippen molar-refractivity contribution in [2.75, 3.05) is 17.4 Å². The van der Waals surface area contributed by atoms with E-state index in [0.29, 0.717) is 25.1 Å². The average Bonchev–Trinajstić information content (AvgIpc) is 2.93. The summed E-state index contributed by atoms with van der Waals surface area (Å²) in [4.78, 5) is 28.6. The number of hydrogen-bond acceptors (Lipinski definition) is 4. The molecule has 0 aliphatic rings. The fraction of sp³-hybridized carbons (Fsp3) is 0.333. The van der Waals surface area contributed by atoms with Crippen molar-refractivity contribution in [2.45, 2.75) is 58.0 Å². The van der Waals surface area contributed by atoms with Crippen molar-refractivity contribution < 1.29 is 18.0 Å². The van der Waals surface area contributed by atoms with E-state index < -0.39 is 28.5 Å². The van der Waals surface area contributed by atoms with Gasteiger partial charge in [0, 0.05) is 13.1 Å². The van der Waals surface area contributed by atoms with E-state index in [2.05, 4.69) is 5.32 Å². The first-order chi connectivity index (χ1) is 18.2. The summed E-state index contributed by atoms with van der Waals surface area (Å²) in [5.74, 6) is -0.712. The number of hydrogen-bond donors (Lipinski definition) is 1. The Morgan fingerprint density at radius 2 is 1.50 bits per heavy atom. The molecule has 2 amide bonds. The van der Waals surface area contributed by atoms with Crippen LogP contribution in [0.1, 0.15) is 43.9 Å². The van der Waals surface area contributed by atoms with E-state index in [1.165, 1.54) is 21.3 Å². The highest BCUT2D eigenvalue weighted by Gasteiger charge is 2.34. The Morgan fingerprint density at radius 1 is 0.868 bits per heavy atom. The topological polar surface area (TPSA) is 86.8 Å². The number of nitrogens with zero attached hydrogens (tertiary/aromatic N) is 2. The number of para-hydroxylation sites is 1. The van der Waals surface area contributed by atoms with Crippen LogP contribution in [0.3, 0.4) is 0 Å². The molecular weight excluding hydrogens is 498 g/mol. The Morgan fingerprint density at radius 3 is 2.11 bits per heavy atom. The molecule has 0 aliphatic carbocycles. The minimum atomic E-state index is -4.07. The lowest BCUT2D eigenvalue weighted by atomic mass is 10.1. The molecule has 0 saturated heterocycles. The van der Waals surface area contributed by atoms with Crippen molar-refractivity contribution in [1.82, 2.24) is 10.2 Å². The maximum Gasteiger partial charge on any atom is 0.264 e. The largest absolute Gasteiger partial charge is 0.355 e.